The lowest BCUT2D eigenvalue weighted by Crippen LogP contribution is -2.39. The van der Waals surface area contributed by atoms with Crippen molar-refractivity contribution in [3.63, 3.8) is 0 Å². The van der Waals surface area contributed by atoms with Crippen LogP contribution in [0.2, 0.25) is 0 Å². The second-order valence-electron chi connectivity index (χ2n) is 6.93. The molecule has 166 valence electrons. The molecule has 2 aromatic carbocycles. The first-order valence-corrected chi connectivity index (χ1v) is 11.1. The first-order valence-electron chi connectivity index (χ1n) is 9.69. The van der Waals surface area contributed by atoms with Gasteiger partial charge in [0.05, 0.1) is 24.8 Å². The van der Waals surface area contributed by atoms with Crippen LogP contribution in [0.5, 0.6) is 11.5 Å². The van der Waals surface area contributed by atoms with Crippen molar-refractivity contribution >= 4 is 27.3 Å². The van der Waals surface area contributed by atoms with Crippen molar-refractivity contribution in [2.45, 2.75) is 30.6 Å². The number of rotatable bonds is 8. The van der Waals surface area contributed by atoms with Gasteiger partial charge in [0.15, 0.2) is 11.5 Å². The van der Waals surface area contributed by atoms with Crippen LogP contribution in [0.25, 0.3) is 0 Å². The summed E-state index contributed by atoms with van der Waals surface area (Å²) in [5.74, 6) is -0.545. The first-order chi connectivity index (χ1) is 14.8. The van der Waals surface area contributed by atoms with Crippen LogP contribution in [0, 0.1) is 5.82 Å². The number of halogens is 1. The quantitative estimate of drug-likeness (QED) is 0.625. The normalized spacial score (nSPS) is 13.6. The topological polar surface area (TPSA) is 97.3 Å². The molecule has 0 aromatic heterocycles. The van der Waals surface area contributed by atoms with Crippen LogP contribution in [-0.2, 0) is 14.8 Å². The first kappa shape index (κ1) is 22.5. The molecule has 0 spiro atoms. The van der Waals surface area contributed by atoms with Crippen molar-refractivity contribution in [3.05, 3.63) is 48.3 Å². The van der Waals surface area contributed by atoms with Gasteiger partial charge in [0.25, 0.3) is 15.9 Å². The van der Waals surface area contributed by atoms with Crippen molar-refractivity contribution < 1.29 is 27.1 Å². The molecule has 10 heteroatoms. The predicted molar refractivity (Wildman–Crippen MR) is 115 cm³/mol. The summed E-state index contributed by atoms with van der Waals surface area (Å²) in [5, 5.41) is 4.09. The summed E-state index contributed by atoms with van der Waals surface area (Å²) in [4.78, 5) is 12.4. The number of nitrogens with one attached hydrogen (secondary N) is 1. The largest absolute Gasteiger partial charge is 0.493 e. The fourth-order valence-corrected chi connectivity index (χ4v) is 4.67. The third-order valence-corrected chi connectivity index (χ3v) is 6.63. The molecule has 0 atom stereocenters. The van der Waals surface area contributed by atoms with Gasteiger partial charge < -0.3 is 9.47 Å². The van der Waals surface area contributed by atoms with Crippen molar-refractivity contribution in [1.29, 1.82) is 0 Å². The molecule has 1 saturated carbocycles. The highest BCUT2D eigenvalue weighted by Gasteiger charge is 2.28. The molecule has 1 aliphatic carbocycles. The molecule has 0 saturated heterocycles. The Bertz CT molecular complexity index is 1060. The fourth-order valence-electron chi connectivity index (χ4n) is 3.23. The third-order valence-electron chi connectivity index (χ3n) is 4.86. The highest BCUT2D eigenvalue weighted by Crippen LogP contribution is 2.32. The van der Waals surface area contributed by atoms with Crippen molar-refractivity contribution in [2.24, 2.45) is 5.10 Å². The van der Waals surface area contributed by atoms with Crippen molar-refractivity contribution in [3.8, 4) is 11.5 Å². The lowest BCUT2D eigenvalue weighted by atomic mass is 10.3. The molecule has 2 aromatic rings. The van der Waals surface area contributed by atoms with Gasteiger partial charge in [-0.1, -0.05) is 0 Å². The SMILES string of the molecule is COc1ccc(S(=O)(=O)N(CC(=O)NN=C2CCCC2)c2ccc(F)cc2)cc1OC. The van der Waals surface area contributed by atoms with E-state index in [2.05, 4.69) is 10.5 Å². The molecule has 1 amide bonds. The van der Waals surface area contributed by atoms with E-state index >= 15 is 0 Å². The zero-order valence-electron chi connectivity index (χ0n) is 17.3. The van der Waals surface area contributed by atoms with Crippen molar-refractivity contribution in [1.82, 2.24) is 5.43 Å². The molecule has 1 fully saturated rings. The lowest BCUT2D eigenvalue weighted by Gasteiger charge is -2.24. The molecule has 1 N–H and O–H groups in total. The number of benzene rings is 2. The lowest BCUT2D eigenvalue weighted by molar-refractivity contribution is -0.119. The smallest absolute Gasteiger partial charge is 0.264 e. The van der Waals surface area contributed by atoms with Crippen LogP contribution in [0.4, 0.5) is 10.1 Å². The minimum absolute atomic E-state index is 0.107. The van der Waals surface area contributed by atoms with Crippen LogP contribution >= 0.6 is 0 Å². The monoisotopic (exact) mass is 449 g/mol. The molecule has 3 rings (SSSR count). The number of carbonyl (C=O) groups is 1. The number of ether oxygens (including phenoxy) is 2. The molecule has 0 bridgehead atoms. The van der Waals surface area contributed by atoms with Gasteiger partial charge in [0, 0.05) is 11.8 Å². The maximum absolute atomic E-state index is 13.4. The van der Waals surface area contributed by atoms with Gasteiger partial charge in [-0.15, -0.1) is 0 Å². The number of carbonyl (C=O) groups excluding carboxylic acids is 1. The number of hydrazone groups is 1. The van der Waals surface area contributed by atoms with E-state index in [1.54, 1.807) is 0 Å². The zero-order chi connectivity index (χ0) is 22.4. The molecular weight excluding hydrogens is 425 g/mol. The summed E-state index contributed by atoms with van der Waals surface area (Å²) >= 11 is 0. The van der Waals surface area contributed by atoms with Gasteiger partial charge in [-0.25, -0.2) is 18.2 Å². The summed E-state index contributed by atoms with van der Waals surface area (Å²) in [6.07, 6.45) is 3.66. The van der Waals surface area contributed by atoms with E-state index in [-0.39, 0.29) is 16.3 Å². The summed E-state index contributed by atoms with van der Waals surface area (Å²) in [6.45, 7) is -0.529. The van der Waals surface area contributed by atoms with Gasteiger partial charge in [0.1, 0.15) is 12.4 Å². The van der Waals surface area contributed by atoms with Gasteiger partial charge >= 0.3 is 0 Å². The van der Waals surface area contributed by atoms with E-state index in [4.69, 9.17) is 9.47 Å². The average molecular weight is 450 g/mol. The van der Waals surface area contributed by atoms with E-state index in [1.807, 2.05) is 0 Å². The molecule has 8 nitrogen and oxygen atoms in total. The number of amides is 1. The van der Waals surface area contributed by atoms with Gasteiger partial charge in [0.2, 0.25) is 0 Å². The maximum atomic E-state index is 13.4. The predicted octanol–water partition coefficient (Wildman–Crippen LogP) is 3.08. The third kappa shape index (κ3) is 5.32. The minimum atomic E-state index is -4.19. The molecule has 0 aliphatic heterocycles. The number of hydrogen-bond donors (Lipinski definition) is 1. The molecular formula is C21H24FN3O5S. The Labute approximate surface area is 180 Å². The molecule has 0 radical (unpaired) electrons. The number of hydrogen-bond acceptors (Lipinski definition) is 6. The Balaban J connectivity index is 1.94. The Kier molecular flexibility index (Phi) is 7.11. The number of methoxy groups -OCH3 is 2. The summed E-state index contributed by atoms with van der Waals surface area (Å²) < 4.78 is 51.5. The van der Waals surface area contributed by atoms with Gasteiger partial charge in [-0.3, -0.25) is 9.10 Å². The van der Waals surface area contributed by atoms with E-state index in [0.717, 1.165) is 47.8 Å². The van der Waals surface area contributed by atoms with E-state index in [9.17, 15) is 17.6 Å². The average Bonchev–Trinajstić information content (AvgIpc) is 3.30. The Hall–Kier alpha value is -3.14. The second kappa shape index (κ2) is 9.78. The molecule has 0 heterocycles. The van der Waals surface area contributed by atoms with Crippen LogP contribution in [0.15, 0.2) is 52.5 Å². The summed E-state index contributed by atoms with van der Waals surface area (Å²) in [7, 11) is -1.36. The van der Waals surface area contributed by atoms with Gasteiger partial charge in [-0.2, -0.15) is 5.10 Å². The van der Waals surface area contributed by atoms with E-state index in [0.29, 0.717) is 5.75 Å². The fraction of sp³-hybridized carbons (Fsp3) is 0.333. The van der Waals surface area contributed by atoms with E-state index in [1.165, 1.54) is 44.6 Å². The maximum Gasteiger partial charge on any atom is 0.264 e. The molecule has 0 unspecified atom stereocenters. The number of nitrogens with zero attached hydrogens (tertiary/aromatic N) is 2. The highest BCUT2D eigenvalue weighted by molar-refractivity contribution is 7.92. The minimum Gasteiger partial charge on any atom is -0.493 e. The van der Waals surface area contributed by atoms with Crippen LogP contribution in [0.1, 0.15) is 25.7 Å². The standard InChI is InChI=1S/C21H24FN3O5S/c1-29-19-12-11-18(13-20(19)30-2)31(27,28)25(17-9-7-15(22)8-10-17)14-21(26)24-23-16-5-3-4-6-16/h7-13H,3-6,14H2,1-2H3,(H,24,26). The van der Waals surface area contributed by atoms with Crippen LogP contribution in [0.3, 0.4) is 0 Å². The highest BCUT2D eigenvalue weighted by atomic mass is 32.2. The van der Waals surface area contributed by atoms with Crippen molar-refractivity contribution in [2.75, 3.05) is 25.1 Å². The second-order valence-corrected chi connectivity index (χ2v) is 8.79. The number of sulfonamides is 1. The van der Waals surface area contributed by atoms with Crippen LogP contribution < -0.4 is 19.2 Å². The Morgan fingerprint density at radius 2 is 1.71 bits per heavy atom. The zero-order valence-corrected chi connectivity index (χ0v) is 18.1. The number of anilines is 1. The van der Waals surface area contributed by atoms with E-state index < -0.39 is 28.3 Å². The van der Waals surface area contributed by atoms with Crippen LogP contribution in [-0.4, -0.2) is 40.8 Å². The molecule has 31 heavy (non-hydrogen) atoms. The summed E-state index contributed by atoms with van der Waals surface area (Å²) in [6, 6.07) is 8.96. The summed E-state index contributed by atoms with van der Waals surface area (Å²) in [5.41, 5.74) is 3.44. The Morgan fingerprint density at radius 1 is 1.06 bits per heavy atom. The molecule has 1 aliphatic rings. The van der Waals surface area contributed by atoms with Gasteiger partial charge in [-0.05, 0) is 62.1 Å². The Morgan fingerprint density at radius 3 is 2.32 bits per heavy atom.